The summed E-state index contributed by atoms with van der Waals surface area (Å²) in [4.78, 5) is 3.94. The van der Waals surface area contributed by atoms with Gasteiger partial charge in [-0.1, -0.05) is 0 Å². The Hall–Kier alpha value is -1.72. The SMILES string of the molecule is Cn1cnc2n[nH]nc2c1=N. The van der Waals surface area contributed by atoms with Crippen LogP contribution in [-0.2, 0) is 7.05 Å². The van der Waals surface area contributed by atoms with Crippen molar-refractivity contribution >= 4 is 11.2 Å². The molecule has 0 aliphatic carbocycles. The van der Waals surface area contributed by atoms with E-state index in [0.717, 1.165) is 0 Å². The Kier molecular flexibility index (Phi) is 1.03. The molecular formula is C5H6N6. The molecule has 2 rings (SSSR count). The van der Waals surface area contributed by atoms with E-state index in [1.165, 1.54) is 6.33 Å². The van der Waals surface area contributed by atoms with Crippen molar-refractivity contribution in [3.8, 4) is 0 Å². The fourth-order valence-corrected chi connectivity index (χ4v) is 0.840. The first-order valence-electron chi connectivity index (χ1n) is 3.06. The van der Waals surface area contributed by atoms with Gasteiger partial charge in [0.15, 0.2) is 11.0 Å². The van der Waals surface area contributed by atoms with Crippen LogP contribution >= 0.6 is 0 Å². The lowest BCUT2D eigenvalue weighted by atomic mass is 10.5. The highest BCUT2D eigenvalue weighted by Crippen LogP contribution is 1.93. The summed E-state index contributed by atoms with van der Waals surface area (Å²) < 4.78 is 1.57. The molecule has 0 aromatic carbocycles. The van der Waals surface area contributed by atoms with Crippen LogP contribution in [0.25, 0.3) is 11.2 Å². The lowest BCUT2D eigenvalue weighted by molar-refractivity contribution is 0.802. The van der Waals surface area contributed by atoms with Crippen LogP contribution in [0.3, 0.4) is 0 Å². The Bertz CT molecular complexity index is 437. The summed E-state index contributed by atoms with van der Waals surface area (Å²) in [6.45, 7) is 0. The van der Waals surface area contributed by atoms with E-state index < -0.39 is 0 Å². The average molecular weight is 150 g/mol. The minimum Gasteiger partial charge on any atom is -0.319 e. The molecule has 11 heavy (non-hydrogen) atoms. The number of hydrogen-bond donors (Lipinski definition) is 2. The van der Waals surface area contributed by atoms with E-state index >= 15 is 0 Å². The predicted molar refractivity (Wildman–Crippen MR) is 36.5 cm³/mol. The second kappa shape index (κ2) is 1.88. The maximum atomic E-state index is 7.51. The number of aromatic amines is 1. The summed E-state index contributed by atoms with van der Waals surface area (Å²) >= 11 is 0. The van der Waals surface area contributed by atoms with Gasteiger partial charge in [0.25, 0.3) is 0 Å². The summed E-state index contributed by atoms with van der Waals surface area (Å²) in [5.41, 5.74) is 1.28. The third-order valence-electron chi connectivity index (χ3n) is 1.46. The number of hydrogen-bond acceptors (Lipinski definition) is 4. The number of nitrogens with one attached hydrogen (secondary N) is 2. The quantitative estimate of drug-likeness (QED) is 0.514. The molecule has 2 heterocycles. The van der Waals surface area contributed by atoms with Gasteiger partial charge in [-0.3, -0.25) is 5.41 Å². The summed E-state index contributed by atoms with van der Waals surface area (Å²) in [5.74, 6) is 0. The molecule has 0 amide bonds. The largest absolute Gasteiger partial charge is 0.319 e. The van der Waals surface area contributed by atoms with Crippen molar-refractivity contribution in [1.29, 1.82) is 5.41 Å². The van der Waals surface area contributed by atoms with Gasteiger partial charge < -0.3 is 4.57 Å². The molecule has 0 aliphatic heterocycles. The van der Waals surface area contributed by atoms with Gasteiger partial charge in [-0.15, -0.1) is 5.10 Å². The van der Waals surface area contributed by atoms with E-state index in [2.05, 4.69) is 20.4 Å². The number of rotatable bonds is 0. The minimum atomic E-state index is 0.309. The molecule has 0 saturated carbocycles. The Labute approximate surface area is 61.4 Å². The van der Waals surface area contributed by atoms with Crippen LogP contribution < -0.4 is 5.49 Å². The van der Waals surface area contributed by atoms with Gasteiger partial charge in [0, 0.05) is 7.05 Å². The zero-order chi connectivity index (χ0) is 7.84. The monoisotopic (exact) mass is 150 g/mol. The van der Waals surface area contributed by atoms with E-state index in [-0.39, 0.29) is 0 Å². The predicted octanol–water partition coefficient (Wildman–Crippen LogP) is -0.829. The van der Waals surface area contributed by atoms with Crippen LogP contribution in [-0.4, -0.2) is 25.0 Å². The Morgan fingerprint density at radius 3 is 3.18 bits per heavy atom. The van der Waals surface area contributed by atoms with Crippen LogP contribution in [0.2, 0.25) is 0 Å². The molecule has 2 N–H and O–H groups in total. The molecule has 6 heteroatoms. The van der Waals surface area contributed by atoms with Gasteiger partial charge in [-0.05, 0) is 0 Å². The molecular weight excluding hydrogens is 144 g/mol. The lowest BCUT2D eigenvalue weighted by Gasteiger charge is -1.93. The van der Waals surface area contributed by atoms with Gasteiger partial charge in [-0.2, -0.15) is 10.3 Å². The molecule has 0 bridgehead atoms. The number of fused-ring (bicyclic) bond motifs is 1. The second-order valence-corrected chi connectivity index (χ2v) is 2.20. The lowest BCUT2D eigenvalue weighted by Crippen LogP contribution is -2.17. The fourth-order valence-electron chi connectivity index (χ4n) is 0.840. The second-order valence-electron chi connectivity index (χ2n) is 2.20. The van der Waals surface area contributed by atoms with Crippen LogP contribution in [0.5, 0.6) is 0 Å². The Morgan fingerprint density at radius 2 is 2.36 bits per heavy atom. The van der Waals surface area contributed by atoms with E-state index in [9.17, 15) is 0 Å². The maximum Gasteiger partial charge on any atom is 0.206 e. The van der Waals surface area contributed by atoms with E-state index in [1.54, 1.807) is 11.6 Å². The minimum absolute atomic E-state index is 0.309. The molecule has 6 nitrogen and oxygen atoms in total. The van der Waals surface area contributed by atoms with Crippen molar-refractivity contribution in [2.75, 3.05) is 0 Å². The normalized spacial score (nSPS) is 10.6. The zero-order valence-electron chi connectivity index (χ0n) is 5.87. The van der Waals surface area contributed by atoms with E-state index in [4.69, 9.17) is 5.41 Å². The Balaban J connectivity index is 3.05. The number of aromatic nitrogens is 5. The highest BCUT2D eigenvalue weighted by molar-refractivity contribution is 5.65. The number of aryl methyl sites for hydroxylation is 1. The van der Waals surface area contributed by atoms with E-state index in [1.807, 2.05) is 0 Å². The van der Waals surface area contributed by atoms with Crippen molar-refractivity contribution in [1.82, 2.24) is 25.0 Å². The van der Waals surface area contributed by atoms with Crippen LogP contribution in [0.4, 0.5) is 0 Å². The number of nitrogens with zero attached hydrogens (tertiary/aromatic N) is 4. The fraction of sp³-hybridized carbons (Fsp3) is 0.200. The van der Waals surface area contributed by atoms with Crippen LogP contribution in [0, 0.1) is 5.41 Å². The molecule has 0 radical (unpaired) electrons. The standard InChI is InChI=1S/C5H6N6/c1-11-2-7-5-3(4(11)6)8-10-9-5/h2,6H,1H3,(H,8,9,10). The van der Waals surface area contributed by atoms with Gasteiger partial charge in [0.1, 0.15) is 0 Å². The molecule has 2 aromatic rings. The first-order valence-corrected chi connectivity index (χ1v) is 3.06. The van der Waals surface area contributed by atoms with Gasteiger partial charge in [0.2, 0.25) is 5.65 Å². The highest BCUT2D eigenvalue weighted by atomic mass is 15.3. The van der Waals surface area contributed by atoms with Crippen LogP contribution in [0.15, 0.2) is 6.33 Å². The first-order chi connectivity index (χ1) is 5.29. The molecule has 0 saturated heterocycles. The van der Waals surface area contributed by atoms with Crippen molar-refractivity contribution < 1.29 is 0 Å². The maximum absolute atomic E-state index is 7.51. The van der Waals surface area contributed by atoms with E-state index in [0.29, 0.717) is 16.7 Å². The summed E-state index contributed by atoms with van der Waals surface area (Å²) in [7, 11) is 1.74. The Morgan fingerprint density at radius 1 is 1.55 bits per heavy atom. The molecule has 0 aliphatic rings. The molecule has 0 fully saturated rings. The summed E-state index contributed by atoms with van der Waals surface area (Å²) in [6.07, 6.45) is 1.53. The molecule has 2 aromatic heterocycles. The highest BCUT2D eigenvalue weighted by Gasteiger charge is 2.00. The third kappa shape index (κ3) is 0.721. The van der Waals surface area contributed by atoms with Gasteiger partial charge >= 0.3 is 0 Å². The summed E-state index contributed by atoms with van der Waals surface area (Å²) in [5, 5.41) is 17.4. The smallest absolute Gasteiger partial charge is 0.206 e. The molecule has 56 valence electrons. The van der Waals surface area contributed by atoms with Crippen molar-refractivity contribution in [2.45, 2.75) is 0 Å². The van der Waals surface area contributed by atoms with Crippen molar-refractivity contribution in [3.05, 3.63) is 11.8 Å². The topological polar surface area (TPSA) is 83.2 Å². The van der Waals surface area contributed by atoms with Gasteiger partial charge in [-0.25, -0.2) is 4.98 Å². The molecule has 0 atom stereocenters. The average Bonchev–Trinajstić information content (AvgIpc) is 2.45. The van der Waals surface area contributed by atoms with Crippen molar-refractivity contribution in [2.24, 2.45) is 7.05 Å². The van der Waals surface area contributed by atoms with Crippen LogP contribution in [0.1, 0.15) is 0 Å². The molecule has 0 spiro atoms. The number of H-pyrrole nitrogens is 1. The molecule has 0 unspecified atom stereocenters. The van der Waals surface area contributed by atoms with Crippen molar-refractivity contribution in [3.63, 3.8) is 0 Å². The van der Waals surface area contributed by atoms with Gasteiger partial charge in [0.05, 0.1) is 6.33 Å². The summed E-state index contributed by atoms with van der Waals surface area (Å²) in [6, 6.07) is 0. The first kappa shape index (κ1) is 6.02. The zero-order valence-corrected chi connectivity index (χ0v) is 5.87. The third-order valence-corrected chi connectivity index (χ3v) is 1.46.